The lowest BCUT2D eigenvalue weighted by Crippen LogP contribution is -2.45. The van der Waals surface area contributed by atoms with E-state index in [1.165, 1.54) is 11.1 Å². The number of urea groups is 1. The van der Waals surface area contributed by atoms with E-state index in [1.807, 2.05) is 26.4 Å². The zero-order chi connectivity index (χ0) is 17.4. The summed E-state index contributed by atoms with van der Waals surface area (Å²) in [7, 11) is 1.90. The second-order valence-corrected chi connectivity index (χ2v) is 7.36. The van der Waals surface area contributed by atoms with E-state index < -0.39 is 0 Å². The van der Waals surface area contributed by atoms with E-state index in [0.29, 0.717) is 6.04 Å². The Labute approximate surface area is 149 Å². The van der Waals surface area contributed by atoms with Crippen LogP contribution in [0.2, 0.25) is 0 Å². The molecule has 0 saturated heterocycles. The second-order valence-electron chi connectivity index (χ2n) is 7.36. The molecular weight excluding hydrogens is 312 g/mol. The quantitative estimate of drug-likeness (QED) is 0.923. The fourth-order valence-corrected chi connectivity index (χ4v) is 3.94. The molecule has 1 fully saturated rings. The first kappa shape index (κ1) is 16.2. The lowest BCUT2D eigenvalue weighted by molar-refractivity contribution is 0.159. The summed E-state index contributed by atoms with van der Waals surface area (Å²) < 4.78 is 1.77. The molecule has 5 nitrogen and oxygen atoms in total. The smallest absolute Gasteiger partial charge is 0.318 e. The molecule has 0 spiro atoms. The van der Waals surface area contributed by atoms with Gasteiger partial charge in [-0.25, -0.2) is 4.79 Å². The third kappa shape index (κ3) is 3.28. The van der Waals surface area contributed by atoms with Crippen molar-refractivity contribution in [2.24, 2.45) is 7.05 Å². The van der Waals surface area contributed by atoms with E-state index in [0.717, 1.165) is 37.7 Å². The Balaban J connectivity index is 1.55. The number of amides is 2. The third-order valence-electron chi connectivity index (χ3n) is 5.41. The average Bonchev–Trinajstić information content (AvgIpc) is 3.34. The van der Waals surface area contributed by atoms with Gasteiger partial charge in [0, 0.05) is 24.8 Å². The van der Waals surface area contributed by atoms with Crippen LogP contribution in [0.25, 0.3) is 0 Å². The summed E-state index contributed by atoms with van der Waals surface area (Å²) in [6.45, 7) is 2.02. The van der Waals surface area contributed by atoms with Crippen LogP contribution in [0, 0.1) is 0 Å². The van der Waals surface area contributed by atoms with Crippen molar-refractivity contribution in [1.82, 2.24) is 20.0 Å². The molecule has 1 saturated carbocycles. The summed E-state index contributed by atoms with van der Waals surface area (Å²) in [6.07, 6.45) is 9.35. The predicted octanol–water partition coefficient (Wildman–Crippen LogP) is 3.73. The van der Waals surface area contributed by atoms with Crippen LogP contribution in [0.1, 0.15) is 61.4 Å². The maximum Gasteiger partial charge on any atom is 0.318 e. The van der Waals surface area contributed by atoms with Crippen LogP contribution in [0.15, 0.2) is 36.7 Å². The van der Waals surface area contributed by atoms with Gasteiger partial charge in [-0.05, 0) is 50.2 Å². The van der Waals surface area contributed by atoms with Crippen molar-refractivity contribution in [3.63, 3.8) is 0 Å². The van der Waals surface area contributed by atoms with Gasteiger partial charge in [-0.3, -0.25) is 4.68 Å². The number of nitrogens with zero attached hydrogens (tertiary/aromatic N) is 3. The van der Waals surface area contributed by atoms with Gasteiger partial charge in [-0.15, -0.1) is 0 Å². The number of nitrogens with one attached hydrogen (secondary N) is 1. The van der Waals surface area contributed by atoms with Gasteiger partial charge >= 0.3 is 6.03 Å². The highest BCUT2D eigenvalue weighted by Gasteiger charge is 2.39. The summed E-state index contributed by atoms with van der Waals surface area (Å²) in [6, 6.07) is 9.22. The zero-order valence-corrected chi connectivity index (χ0v) is 15.0. The molecule has 2 aliphatic rings. The van der Waals surface area contributed by atoms with Crippen molar-refractivity contribution < 1.29 is 4.79 Å². The minimum absolute atomic E-state index is 0.0405. The molecule has 1 heterocycles. The van der Waals surface area contributed by atoms with Crippen LogP contribution in [0.4, 0.5) is 4.79 Å². The molecule has 1 aromatic heterocycles. The van der Waals surface area contributed by atoms with E-state index in [9.17, 15) is 4.79 Å². The molecule has 132 valence electrons. The zero-order valence-electron chi connectivity index (χ0n) is 15.0. The van der Waals surface area contributed by atoms with Crippen molar-refractivity contribution >= 4 is 6.03 Å². The molecule has 4 rings (SSSR count). The maximum atomic E-state index is 13.1. The number of hydrogen-bond acceptors (Lipinski definition) is 2. The normalized spacial score (nSPS) is 20.6. The van der Waals surface area contributed by atoms with Gasteiger partial charge in [0.1, 0.15) is 0 Å². The van der Waals surface area contributed by atoms with Crippen LogP contribution in [-0.2, 0) is 13.5 Å². The van der Waals surface area contributed by atoms with Gasteiger partial charge in [0.15, 0.2) is 0 Å². The number of hydrogen-bond donors (Lipinski definition) is 1. The first-order valence-electron chi connectivity index (χ1n) is 9.28. The monoisotopic (exact) mass is 338 g/mol. The van der Waals surface area contributed by atoms with Gasteiger partial charge in [0.2, 0.25) is 0 Å². The molecule has 0 bridgehead atoms. The Morgan fingerprint density at radius 2 is 2.12 bits per heavy atom. The third-order valence-corrected chi connectivity index (χ3v) is 5.41. The van der Waals surface area contributed by atoms with Crippen LogP contribution < -0.4 is 5.32 Å². The van der Waals surface area contributed by atoms with Crippen molar-refractivity contribution in [3.05, 3.63) is 53.3 Å². The van der Waals surface area contributed by atoms with Crippen molar-refractivity contribution in [2.45, 2.75) is 57.2 Å². The molecule has 2 aliphatic carbocycles. The molecule has 1 aromatic carbocycles. The Hall–Kier alpha value is -2.30. The molecular formula is C20H26N4O. The summed E-state index contributed by atoms with van der Waals surface area (Å²) in [4.78, 5) is 15.2. The fourth-order valence-electron chi connectivity index (χ4n) is 3.94. The Morgan fingerprint density at radius 3 is 2.84 bits per heavy atom. The van der Waals surface area contributed by atoms with Crippen LogP contribution in [0.5, 0.6) is 0 Å². The number of benzene rings is 1. The van der Waals surface area contributed by atoms with Crippen molar-refractivity contribution in [1.29, 1.82) is 0 Å². The molecule has 0 aliphatic heterocycles. The van der Waals surface area contributed by atoms with Crippen molar-refractivity contribution in [2.75, 3.05) is 0 Å². The fraction of sp³-hybridized carbons (Fsp3) is 0.500. The summed E-state index contributed by atoms with van der Waals surface area (Å²) in [5.74, 6) is 0. The van der Waals surface area contributed by atoms with E-state index in [-0.39, 0.29) is 18.1 Å². The van der Waals surface area contributed by atoms with E-state index in [2.05, 4.69) is 39.6 Å². The molecule has 25 heavy (non-hydrogen) atoms. The lowest BCUT2D eigenvalue weighted by atomic mass is 9.87. The topological polar surface area (TPSA) is 50.2 Å². The molecule has 2 amide bonds. The van der Waals surface area contributed by atoms with Gasteiger partial charge < -0.3 is 10.2 Å². The minimum Gasteiger partial charge on any atom is -0.331 e. The minimum atomic E-state index is -0.0405. The van der Waals surface area contributed by atoms with Crippen molar-refractivity contribution in [3.8, 4) is 0 Å². The van der Waals surface area contributed by atoms with E-state index in [4.69, 9.17) is 0 Å². The molecule has 1 N–H and O–H groups in total. The van der Waals surface area contributed by atoms with E-state index in [1.54, 1.807) is 4.68 Å². The SMILES string of the molecule is C[C@@H](NC(=O)N(C1CC1)[C@@H]1CCCc2ccccc21)c1cnn(C)c1. The molecule has 2 aromatic rings. The van der Waals surface area contributed by atoms with Gasteiger partial charge in [0.05, 0.1) is 18.3 Å². The number of fused-ring (bicyclic) bond motifs is 1. The number of aromatic nitrogens is 2. The highest BCUT2D eigenvalue weighted by Crippen LogP contribution is 2.40. The second kappa shape index (κ2) is 6.54. The van der Waals surface area contributed by atoms with Crippen LogP contribution >= 0.6 is 0 Å². The molecule has 5 heteroatoms. The molecule has 2 atom stereocenters. The molecule has 0 unspecified atom stereocenters. The number of carbonyl (C=O) groups is 1. The molecule has 0 radical (unpaired) electrons. The number of carbonyl (C=O) groups excluding carboxylic acids is 1. The lowest BCUT2D eigenvalue weighted by Gasteiger charge is -2.36. The Bertz CT molecular complexity index is 765. The largest absolute Gasteiger partial charge is 0.331 e. The summed E-state index contributed by atoms with van der Waals surface area (Å²) in [5, 5.41) is 7.40. The maximum absolute atomic E-state index is 13.1. The standard InChI is InChI=1S/C20H26N4O/c1-14(16-12-21-23(2)13-16)22-20(25)24(17-10-11-17)19-9-5-7-15-6-3-4-8-18(15)19/h3-4,6,8,12-14,17,19H,5,7,9-11H2,1-2H3,(H,22,25)/t14-,19-/m1/s1. The Kier molecular flexibility index (Phi) is 4.24. The summed E-state index contributed by atoms with van der Waals surface area (Å²) in [5.41, 5.74) is 3.78. The first-order chi connectivity index (χ1) is 12.1. The van der Waals surface area contributed by atoms with Crippen LogP contribution in [-0.4, -0.2) is 26.8 Å². The van der Waals surface area contributed by atoms with Crippen LogP contribution in [0.3, 0.4) is 0 Å². The number of rotatable bonds is 4. The van der Waals surface area contributed by atoms with E-state index >= 15 is 0 Å². The highest BCUT2D eigenvalue weighted by atomic mass is 16.2. The predicted molar refractivity (Wildman–Crippen MR) is 97.1 cm³/mol. The van der Waals surface area contributed by atoms with Gasteiger partial charge in [0.25, 0.3) is 0 Å². The highest BCUT2D eigenvalue weighted by molar-refractivity contribution is 5.76. The number of aryl methyl sites for hydroxylation is 2. The Morgan fingerprint density at radius 1 is 1.32 bits per heavy atom. The summed E-state index contributed by atoms with van der Waals surface area (Å²) >= 11 is 0. The average molecular weight is 338 g/mol. The first-order valence-corrected chi connectivity index (χ1v) is 9.28. The van der Waals surface area contributed by atoms with Gasteiger partial charge in [-0.2, -0.15) is 5.10 Å². The van der Waals surface area contributed by atoms with Gasteiger partial charge in [-0.1, -0.05) is 24.3 Å².